The number of aryl methyl sites for hydroxylation is 1. The molecule has 0 radical (unpaired) electrons. The smallest absolute Gasteiger partial charge is 0.387 e. The van der Waals surface area contributed by atoms with E-state index in [1.54, 1.807) is 29.5 Å². The van der Waals surface area contributed by atoms with Crippen LogP contribution in [0, 0.1) is 6.92 Å². The quantitative estimate of drug-likeness (QED) is 0.608. The van der Waals surface area contributed by atoms with Crippen LogP contribution in [-0.2, 0) is 17.8 Å². The molecule has 152 valence electrons. The predicted molar refractivity (Wildman–Crippen MR) is 106 cm³/mol. The minimum Gasteiger partial charge on any atom is -0.435 e. The lowest BCUT2D eigenvalue weighted by Crippen LogP contribution is -2.34. The molecule has 9 heteroatoms. The Bertz CT molecular complexity index is 1030. The number of hydrogen-bond acceptors (Lipinski definition) is 5. The van der Waals surface area contributed by atoms with Crippen LogP contribution in [0.15, 0.2) is 53.3 Å². The van der Waals surface area contributed by atoms with Gasteiger partial charge < -0.3 is 10.1 Å². The third-order valence-electron chi connectivity index (χ3n) is 4.04. The first-order chi connectivity index (χ1) is 13.9. The van der Waals surface area contributed by atoms with Gasteiger partial charge in [-0.3, -0.25) is 9.59 Å². The maximum atomic E-state index is 12.2. The summed E-state index contributed by atoms with van der Waals surface area (Å²) in [5.74, 6) is -0.254. The molecule has 1 aromatic carbocycles. The lowest BCUT2D eigenvalue weighted by molar-refractivity contribution is -0.121. The van der Waals surface area contributed by atoms with Crippen molar-refractivity contribution in [1.82, 2.24) is 15.1 Å². The van der Waals surface area contributed by atoms with Crippen LogP contribution in [0.25, 0.3) is 10.6 Å². The van der Waals surface area contributed by atoms with Crippen molar-refractivity contribution in [1.29, 1.82) is 0 Å². The number of rotatable bonds is 8. The van der Waals surface area contributed by atoms with Crippen molar-refractivity contribution in [3.8, 4) is 16.3 Å². The monoisotopic (exact) mass is 419 g/mol. The maximum Gasteiger partial charge on any atom is 0.387 e. The van der Waals surface area contributed by atoms with Gasteiger partial charge in [0, 0.05) is 17.5 Å². The molecule has 0 bridgehead atoms. The van der Waals surface area contributed by atoms with Crippen molar-refractivity contribution < 1.29 is 18.3 Å². The van der Waals surface area contributed by atoms with E-state index >= 15 is 0 Å². The van der Waals surface area contributed by atoms with Gasteiger partial charge in [-0.15, -0.1) is 11.3 Å². The molecule has 6 nitrogen and oxygen atoms in total. The van der Waals surface area contributed by atoms with Gasteiger partial charge in [-0.2, -0.15) is 13.9 Å². The molecule has 0 spiro atoms. The summed E-state index contributed by atoms with van der Waals surface area (Å²) < 4.78 is 29.7. The third-order valence-corrected chi connectivity index (χ3v) is 5.06. The summed E-state index contributed by atoms with van der Waals surface area (Å²) >= 11 is 1.56. The molecule has 0 aliphatic rings. The number of alkyl halides is 2. The summed E-state index contributed by atoms with van der Waals surface area (Å²) in [6.45, 7) is -0.721. The van der Waals surface area contributed by atoms with E-state index in [0.717, 1.165) is 20.0 Å². The number of aromatic nitrogens is 2. The van der Waals surface area contributed by atoms with E-state index in [9.17, 15) is 18.4 Å². The fourth-order valence-corrected chi connectivity index (χ4v) is 3.47. The van der Waals surface area contributed by atoms with Gasteiger partial charge in [-0.1, -0.05) is 12.1 Å². The molecular weight excluding hydrogens is 400 g/mol. The zero-order chi connectivity index (χ0) is 20.8. The molecule has 2 heterocycles. The SMILES string of the molecule is Cc1ccc(-c2ccc(=O)n(CC(=O)NCCc3ccc(OC(F)F)cc3)n2)s1. The topological polar surface area (TPSA) is 73.2 Å². The van der Waals surface area contributed by atoms with E-state index in [0.29, 0.717) is 18.7 Å². The van der Waals surface area contributed by atoms with Crippen LogP contribution in [0.4, 0.5) is 8.78 Å². The van der Waals surface area contributed by atoms with Gasteiger partial charge in [0.2, 0.25) is 5.91 Å². The maximum absolute atomic E-state index is 12.2. The van der Waals surface area contributed by atoms with Crippen molar-refractivity contribution in [2.24, 2.45) is 0 Å². The van der Waals surface area contributed by atoms with Crippen molar-refractivity contribution in [2.75, 3.05) is 6.54 Å². The summed E-state index contributed by atoms with van der Waals surface area (Å²) in [5.41, 5.74) is 1.14. The zero-order valence-corrected chi connectivity index (χ0v) is 16.4. The number of nitrogens with one attached hydrogen (secondary N) is 1. The first-order valence-electron chi connectivity index (χ1n) is 8.86. The molecule has 0 unspecified atom stereocenters. The Hall–Kier alpha value is -3.07. The van der Waals surface area contributed by atoms with Crippen LogP contribution >= 0.6 is 11.3 Å². The largest absolute Gasteiger partial charge is 0.435 e. The molecule has 3 rings (SSSR count). The molecule has 0 saturated heterocycles. The number of halogens is 2. The van der Waals surface area contributed by atoms with Gasteiger partial charge in [0.15, 0.2) is 0 Å². The fraction of sp³-hybridized carbons (Fsp3) is 0.250. The van der Waals surface area contributed by atoms with E-state index in [-0.39, 0.29) is 23.8 Å². The molecule has 0 fully saturated rings. The fourth-order valence-electron chi connectivity index (χ4n) is 2.64. The molecule has 0 aliphatic carbocycles. The number of hydrogen-bond donors (Lipinski definition) is 1. The lowest BCUT2D eigenvalue weighted by atomic mass is 10.1. The van der Waals surface area contributed by atoms with Crippen molar-refractivity contribution in [2.45, 2.75) is 26.5 Å². The predicted octanol–water partition coefficient (Wildman–Crippen LogP) is 3.24. The minimum absolute atomic E-state index is 0.0825. The Morgan fingerprint density at radius 1 is 1.17 bits per heavy atom. The second-order valence-electron chi connectivity index (χ2n) is 6.25. The number of carbonyl (C=O) groups is 1. The molecule has 0 aliphatic heterocycles. The number of benzene rings is 1. The molecule has 3 aromatic rings. The Labute approximate surface area is 169 Å². The van der Waals surface area contributed by atoms with E-state index < -0.39 is 6.61 Å². The van der Waals surface area contributed by atoms with Crippen molar-refractivity contribution in [3.05, 3.63) is 69.3 Å². The number of amides is 1. The van der Waals surface area contributed by atoms with Crippen LogP contribution in [-0.4, -0.2) is 28.8 Å². The van der Waals surface area contributed by atoms with Crippen LogP contribution in [0.5, 0.6) is 5.75 Å². The first-order valence-corrected chi connectivity index (χ1v) is 9.68. The highest BCUT2D eigenvalue weighted by Crippen LogP contribution is 2.24. The summed E-state index contributed by atoms with van der Waals surface area (Å²) in [5, 5.41) is 7.00. The number of ether oxygens (including phenoxy) is 1. The van der Waals surface area contributed by atoms with Crippen LogP contribution in [0.3, 0.4) is 0 Å². The van der Waals surface area contributed by atoms with E-state index in [2.05, 4.69) is 15.2 Å². The normalized spacial score (nSPS) is 10.9. The zero-order valence-electron chi connectivity index (χ0n) is 15.6. The number of nitrogens with zero attached hydrogens (tertiary/aromatic N) is 2. The summed E-state index contributed by atoms with van der Waals surface area (Å²) in [7, 11) is 0. The van der Waals surface area contributed by atoms with Gasteiger partial charge >= 0.3 is 6.61 Å². The molecular formula is C20H19F2N3O3S. The minimum atomic E-state index is -2.86. The molecule has 1 N–H and O–H groups in total. The highest BCUT2D eigenvalue weighted by molar-refractivity contribution is 7.15. The van der Waals surface area contributed by atoms with Gasteiger partial charge in [0.05, 0.1) is 4.88 Å². The molecule has 2 aromatic heterocycles. The lowest BCUT2D eigenvalue weighted by Gasteiger charge is -2.08. The second-order valence-corrected chi connectivity index (χ2v) is 7.54. The Morgan fingerprint density at radius 3 is 2.59 bits per heavy atom. The van der Waals surface area contributed by atoms with Gasteiger partial charge in [0.1, 0.15) is 18.0 Å². The van der Waals surface area contributed by atoms with Gasteiger partial charge in [0.25, 0.3) is 5.56 Å². The van der Waals surface area contributed by atoms with E-state index in [1.165, 1.54) is 18.2 Å². The number of carbonyl (C=O) groups excluding carboxylic acids is 1. The van der Waals surface area contributed by atoms with Crippen molar-refractivity contribution in [3.63, 3.8) is 0 Å². The van der Waals surface area contributed by atoms with Gasteiger partial charge in [-0.25, -0.2) is 4.68 Å². The van der Waals surface area contributed by atoms with E-state index in [4.69, 9.17) is 0 Å². The highest BCUT2D eigenvalue weighted by Gasteiger charge is 2.09. The van der Waals surface area contributed by atoms with Crippen LogP contribution < -0.4 is 15.6 Å². The Kier molecular flexibility index (Phi) is 6.71. The summed E-state index contributed by atoms with van der Waals surface area (Å²) in [6.07, 6.45) is 0.511. The summed E-state index contributed by atoms with van der Waals surface area (Å²) in [6, 6.07) is 13.1. The third kappa shape index (κ3) is 5.95. The Balaban J connectivity index is 1.53. The van der Waals surface area contributed by atoms with Crippen LogP contribution in [0.1, 0.15) is 10.4 Å². The molecule has 0 atom stereocenters. The van der Waals surface area contributed by atoms with Crippen LogP contribution in [0.2, 0.25) is 0 Å². The van der Waals surface area contributed by atoms with E-state index in [1.807, 2.05) is 19.1 Å². The standard InChI is InChI=1S/C20H19F2N3O3S/c1-13-2-8-17(29-13)16-7-9-19(27)25(24-16)12-18(26)23-11-10-14-3-5-15(6-4-14)28-20(21)22/h2-9,20H,10-12H2,1H3,(H,23,26). The molecule has 0 saturated carbocycles. The number of thiophene rings is 1. The van der Waals surface area contributed by atoms with Gasteiger partial charge in [-0.05, 0) is 49.2 Å². The average molecular weight is 419 g/mol. The van der Waals surface area contributed by atoms with Crippen molar-refractivity contribution >= 4 is 17.2 Å². The summed E-state index contributed by atoms with van der Waals surface area (Å²) in [4.78, 5) is 26.2. The first kappa shape index (κ1) is 20.7. The average Bonchev–Trinajstić information content (AvgIpc) is 3.11. The Morgan fingerprint density at radius 2 is 1.93 bits per heavy atom. The highest BCUT2D eigenvalue weighted by atomic mass is 32.1. The molecule has 29 heavy (non-hydrogen) atoms. The molecule has 1 amide bonds. The second kappa shape index (κ2) is 9.42.